The second kappa shape index (κ2) is 8.47. The largest absolute Gasteiger partial charge is 0.444 e. The molecule has 0 aliphatic heterocycles. The average Bonchev–Trinajstić information content (AvgIpc) is 3.07. The zero-order chi connectivity index (χ0) is 19.3. The van der Waals surface area contributed by atoms with E-state index in [1.807, 2.05) is 0 Å². The van der Waals surface area contributed by atoms with Gasteiger partial charge in [-0.25, -0.2) is 8.42 Å². The first-order chi connectivity index (χ1) is 12.3. The lowest BCUT2D eigenvalue weighted by Crippen LogP contribution is -2.41. The Hall–Kier alpha value is -2.17. The molecule has 0 bridgehead atoms. The molecule has 0 aliphatic carbocycles. The van der Waals surface area contributed by atoms with Crippen molar-refractivity contribution in [3.8, 4) is 0 Å². The number of halogens is 1. The number of carbonyl (C=O) groups is 2. The maximum Gasteiger partial charge on any atom is 0.305 e. The summed E-state index contributed by atoms with van der Waals surface area (Å²) < 4.78 is 31.8. The number of sulfonamides is 1. The zero-order valence-electron chi connectivity index (χ0n) is 14.2. The Morgan fingerprint density at radius 1 is 1.08 bits per heavy atom. The number of carbonyl (C=O) groups excluding carboxylic acids is 2. The van der Waals surface area contributed by atoms with Crippen LogP contribution in [0.4, 0.5) is 0 Å². The van der Waals surface area contributed by atoms with Crippen molar-refractivity contribution in [3.63, 3.8) is 0 Å². The van der Waals surface area contributed by atoms with E-state index in [0.29, 0.717) is 17.8 Å². The number of hydrogen-bond acceptors (Lipinski definition) is 5. The Labute approximate surface area is 159 Å². The fraction of sp³-hybridized carbons (Fsp3) is 0.250. The summed E-state index contributed by atoms with van der Waals surface area (Å²) in [5.41, 5.74) is 4.52. The fourth-order valence-electron chi connectivity index (χ4n) is 2.19. The quantitative estimate of drug-likeness (QED) is 0.664. The summed E-state index contributed by atoms with van der Waals surface area (Å²) in [6, 6.07) is 8.58. The summed E-state index contributed by atoms with van der Waals surface area (Å²) in [6.45, 7) is 4.12. The molecular weight excluding hydrogens is 426 g/mol. The van der Waals surface area contributed by atoms with Crippen LogP contribution < -0.4 is 10.9 Å². The lowest BCUT2D eigenvalue weighted by molar-refractivity contribution is 0.0830. The molecule has 10 heteroatoms. The summed E-state index contributed by atoms with van der Waals surface area (Å²) in [5.74, 6) is -1.29. The van der Waals surface area contributed by atoms with Crippen LogP contribution in [0.2, 0.25) is 0 Å². The van der Waals surface area contributed by atoms with Gasteiger partial charge in [-0.15, -0.1) is 0 Å². The second-order valence-corrected chi connectivity index (χ2v) is 7.85. The van der Waals surface area contributed by atoms with Gasteiger partial charge >= 0.3 is 5.91 Å². The highest BCUT2D eigenvalue weighted by molar-refractivity contribution is 9.10. The van der Waals surface area contributed by atoms with Crippen molar-refractivity contribution in [2.24, 2.45) is 0 Å². The van der Waals surface area contributed by atoms with Crippen molar-refractivity contribution in [3.05, 3.63) is 52.4 Å². The number of nitrogens with zero attached hydrogens (tertiary/aromatic N) is 1. The third kappa shape index (κ3) is 4.51. The minimum absolute atomic E-state index is 0.00929. The smallest absolute Gasteiger partial charge is 0.305 e. The van der Waals surface area contributed by atoms with Crippen molar-refractivity contribution in [2.75, 3.05) is 13.1 Å². The van der Waals surface area contributed by atoms with E-state index in [-0.39, 0.29) is 16.2 Å². The first kappa shape index (κ1) is 20.1. The Balaban J connectivity index is 2.12. The Morgan fingerprint density at radius 2 is 1.73 bits per heavy atom. The minimum Gasteiger partial charge on any atom is -0.444 e. The standard InChI is InChI=1S/C16H18BrN3O5S/c1-3-20(4-2)26(23,24)12-7-5-6-11(10-12)15(21)18-19-16(22)13-8-9-14(17)25-13/h5-10H,3-4H2,1-2H3,(H,18,21)(H,19,22). The molecular formula is C16H18BrN3O5S. The number of hydrogen-bond donors (Lipinski definition) is 2. The van der Waals surface area contributed by atoms with Gasteiger partial charge in [0.2, 0.25) is 10.0 Å². The monoisotopic (exact) mass is 443 g/mol. The molecule has 0 unspecified atom stereocenters. The van der Waals surface area contributed by atoms with E-state index in [1.54, 1.807) is 13.8 Å². The highest BCUT2D eigenvalue weighted by atomic mass is 79.9. The Bertz CT molecular complexity index is 906. The molecule has 2 rings (SSSR count). The van der Waals surface area contributed by atoms with Gasteiger partial charge in [-0.3, -0.25) is 20.4 Å². The van der Waals surface area contributed by atoms with Crippen molar-refractivity contribution in [1.82, 2.24) is 15.2 Å². The highest BCUT2D eigenvalue weighted by Crippen LogP contribution is 2.17. The van der Waals surface area contributed by atoms with Crippen LogP contribution in [-0.4, -0.2) is 37.6 Å². The van der Waals surface area contributed by atoms with Crippen LogP contribution in [0.1, 0.15) is 34.8 Å². The molecule has 1 aromatic heterocycles. The van der Waals surface area contributed by atoms with E-state index in [4.69, 9.17) is 4.42 Å². The maximum absolute atomic E-state index is 12.5. The van der Waals surface area contributed by atoms with Gasteiger partial charge in [0.05, 0.1) is 4.90 Å². The van der Waals surface area contributed by atoms with Crippen molar-refractivity contribution < 1.29 is 22.4 Å². The van der Waals surface area contributed by atoms with Gasteiger partial charge < -0.3 is 4.42 Å². The first-order valence-corrected chi connectivity index (χ1v) is 9.99. The number of hydrazine groups is 1. The molecule has 2 N–H and O–H groups in total. The van der Waals surface area contributed by atoms with Gasteiger partial charge in [-0.1, -0.05) is 19.9 Å². The number of benzene rings is 1. The summed E-state index contributed by atoms with van der Waals surface area (Å²) in [4.78, 5) is 24.1. The number of nitrogens with one attached hydrogen (secondary N) is 2. The molecule has 0 aliphatic rings. The molecule has 26 heavy (non-hydrogen) atoms. The Kier molecular flexibility index (Phi) is 6.57. The van der Waals surface area contributed by atoms with Crippen molar-refractivity contribution in [1.29, 1.82) is 0 Å². The summed E-state index contributed by atoms with van der Waals surface area (Å²) >= 11 is 3.07. The van der Waals surface area contributed by atoms with Gasteiger partial charge in [0.1, 0.15) is 0 Å². The van der Waals surface area contributed by atoms with E-state index in [2.05, 4.69) is 26.8 Å². The molecule has 0 radical (unpaired) electrons. The normalized spacial score (nSPS) is 11.4. The zero-order valence-corrected chi connectivity index (χ0v) is 16.6. The van der Waals surface area contributed by atoms with Gasteiger partial charge in [0.25, 0.3) is 5.91 Å². The van der Waals surface area contributed by atoms with Crippen LogP contribution in [0.5, 0.6) is 0 Å². The fourth-order valence-corrected chi connectivity index (χ4v) is 4.00. The summed E-state index contributed by atoms with van der Waals surface area (Å²) in [7, 11) is -3.68. The maximum atomic E-state index is 12.5. The number of amides is 2. The van der Waals surface area contributed by atoms with E-state index < -0.39 is 21.8 Å². The van der Waals surface area contributed by atoms with E-state index >= 15 is 0 Å². The Morgan fingerprint density at radius 3 is 2.31 bits per heavy atom. The second-order valence-electron chi connectivity index (χ2n) is 5.13. The molecule has 2 amide bonds. The molecule has 140 valence electrons. The molecule has 0 saturated carbocycles. The molecule has 0 saturated heterocycles. The van der Waals surface area contributed by atoms with Crippen LogP contribution >= 0.6 is 15.9 Å². The molecule has 0 atom stereocenters. The van der Waals surface area contributed by atoms with Crippen molar-refractivity contribution >= 4 is 37.8 Å². The molecule has 2 aromatic rings. The lowest BCUT2D eigenvalue weighted by atomic mass is 10.2. The molecule has 0 spiro atoms. The molecule has 1 heterocycles. The van der Waals surface area contributed by atoms with Gasteiger partial charge in [0.15, 0.2) is 10.4 Å². The van der Waals surface area contributed by atoms with Crippen LogP contribution in [-0.2, 0) is 10.0 Å². The molecule has 8 nitrogen and oxygen atoms in total. The lowest BCUT2D eigenvalue weighted by Gasteiger charge is -2.18. The van der Waals surface area contributed by atoms with Gasteiger partial charge in [-0.2, -0.15) is 4.31 Å². The minimum atomic E-state index is -3.68. The third-order valence-electron chi connectivity index (χ3n) is 3.53. The number of rotatable bonds is 6. The summed E-state index contributed by atoms with van der Waals surface area (Å²) in [6.07, 6.45) is 0. The average molecular weight is 444 g/mol. The van der Waals surface area contributed by atoms with E-state index in [1.165, 1.54) is 40.7 Å². The van der Waals surface area contributed by atoms with E-state index in [0.717, 1.165) is 0 Å². The molecule has 1 aromatic carbocycles. The van der Waals surface area contributed by atoms with Gasteiger partial charge in [0, 0.05) is 18.7 Å². The first-order valence-electron chi connectivity index (χ1n) is 7.75. The molecule has 0 fully saturated rings. The van der Waals surface area contributed by atoms with Crippen LogP contribution in [0.3, 0.4) is 0 Å². The van der Waals surface area contributed by atoms with Crippen molar-refractivity contribution in [2.45, 2.75) is 18.7 Å². The van der Waals surface area contributed by atoms with E-state index in [9.17, 15) is 18.0 Å². The third-order valence-corrected chi connectivity index (χ3v) is 6.00. The van der Waals surface area contributed by atoms with Crippen LogP contribution in [0.25, 0.3) is 0 Å². The predicted octanol–water partition coefficient (Wildman–Crippen LogP) is 2.15. The predicted molar refractivity (Wildman–Crippen MR) is 97.9 cm³/mol. The van der Waals surface area contributed by atoms with Crippen LogP contribution in [0, 0.1) is 0 Å². The summed E-state index contributed by atoms with van der Waals surface area (Å²) in [5, 5.41) is 0. The highest BCUT2D eigenvalue weighted by Gasteiger charge is 2.22. The topological polar surface area (TPSA) is 109 Å². The van der Waals surface area contributed by atoms with Crippen LogP contribution in [0.15, 0.2) is 50.4 Å². The number of furan rings is 1. The SMILES string of the molecule is CCN(CC)S(=O)(=O)c1cccc(C(=O)NNC(=O)c2ccc(Br)o2)c1. The van der Waals surface area contributed by atoms with Gasteiger partial charge in [-0.05, 0) is 46.3 Å².